The second-order valence-electron chi connectivity index (χ2n) is 8.13. The van der Waals surface area contributed by atoms with Crippen LogP contribution in [0.15, 0.2) is 30.3 Å². The average Bonchev–Trinajstić information content (AvgIpc) is 3.07. The van der Waals surface area contributed by atoms with Crippen LogP contribution < -0.4 is 5.73 Å². The van der Waals surface area contributed by atoms with Crippen LogP contribution in [0.2, 0.25) is 0 Å². The first-order valence-electron chi connectivity index (χ1n) is 10.1. The zero-order valence-corrected chi connectivity index (χ0v) is 16.6. The van der Waals surface area contributed by atoms with Crippen LogP contribution in [-0.2, 0) is 4.79 Å². The maximum absolute atomic E-state index is 13.3. The molecule has 3 fully saturated rings. The number of likely N-dealkylation sites (tertiary alicyclic amines) is 2. The molecule has 27 heavy (non-hydrogen) atoms. The molecule has 4 rings (SSSR count). The van der Waals surface area contributed by atoms with Gasteiger partial charge in [0.1, 0.15) is 6.04 Å². The summed E-state index contributed by atoms with van der Waals surface area (Å²) in [7, 11) is 0. The zero-order chi connectivity index (χ0) is 18.1. The van der Waals surface area contributed by atoms with Gasteiger partial charge >= 0.3 is 0 Å². The topological polar surface area (TPSA) is 66.6 Å². The van der Waals surface area contributed by atoms with Gasteiger partial charge in [0.15, 0.2) is 0 Å². The lowest BCUT2D eigenvalue weighted by Crippen LogP contribution is -2.54. The van der Waals surface area contributed by atoms with Gasteiger partial charge in [-0.25, -0.2) is 0 Å². The second-order valence-corrected chi connectivity index (χ2v) is 8.13. The first kappa shape index (κ1) is 20.2. The number of carbonyl (C=O) groups is 2. The summed E-state index contributed by atoms with van der Waals surface area (Å²) in [4.78, 5) is 30.4. The molecule has 0 radical (unpaired) electrons. The number of carbonyl (C=O) groups excluding carboxylic acids is 2. The molecule has 1 saturated carbocycles. The summed E-state index contributed by atoms with van der Waals surface area (Å²) >= 11 is 0. The van der Waals surface area contributed by atoms with Gasteiger partial charge in [-0.2, -0.15) is 0 Å². The number of nitrogens with two attached hydrogens (primary N) is 1. The first-order valence-corrected chi connectivity index (χ1v) is 10.1. The van der Waals surface area contributed by atoms with Gasteiger partial charge < -0.3 is 15.5 Å². The van der Waals surface area contributed by atoms with Crippen molar-refractivity contribution in [3.63, 3.8) is 0 Å². The Hall–Kier alpha value is -1.59. The van der Waals surface area contributed by atoms with Crippen molar-refractivity contribution >= 4 is 24.2 Å². The van der Waals surface area contributed by atoms with Crippen molar-refractivity contribution in [2.24, 2.45) is 11.7 Å². The third kappa shape index (κ3) is 3.99. The van der Waals surface area contributed by atoms with E-state index in [-0.39, 0.29) is 42.3 Å². The van der Waals surface area contributed by atoms with E-state index in [9.17, 15) is 9.59 Å². The summed E-state index contributed by atoms with van der Waals surface area (Å²) in [5.41, 5.74) is 6.78. The average molecular weight is 392 g/mol. The number of nitrogens with zero attached hydrogens (tertiary/aromatic N) is 2. The Balaban J connectivity index is 0.00000210. The van der Waals surface area contributed by atoms with Crippen LogP contribution in [0.25, 0.3) is 0 Å². The Labute approximate surface area is 167 Å². The van der Waals surface area contributed by atoms with Crippen LogP contribution in [-0.4, -0.2) is 52.8 Å². The molecular weight excluding hydrogens is 362 g/mol. The minimum absolute atomic E-state index is 0. The highest BCUT2D eigenvalue weighted by molar-refractivity contribution is 5.98. The van der Waals surface area contributed by atoms with Crippen molar-refractivity contribution in [3.05, 3.63) is 35.9 Å². The smallest absolute Gasteiger partial charge is 0.254 e. The predicted octanol–water partition coefficient (Wildman–Crippen LogP) is 2.83. The van der Waals surface area contributed by atoms with Gasteiger partial charge in [0.05, 0.1) is 0 Å². The highest BCUT2D eigenvalue weighted by atomic mass is 35.5. The van der Waals surface area contributed by atoms with Gasteiger partial charge in [-0.1, -0.05) is 31.0 Å². The molecule has 4 atom stereocenters. The fourth-order valence-corrected chi connectivity index (χ4v) is 5.12. The van der Waals surface area contributed by atoms with Crippen LogP contribution in [0.4, 0.5) is 0 Å². The van der Waals surface area contributed by atoms with Crippen LogP contribution in [0.3, 0.4) is 0 Å². The molecule has 0 bridgehead atoms. The lowest BCUT2D eigenvalue weighted by molar-refractivity contribution is -0.136. The van der Waals surface area contributed by atoms with Crippen molar-refractivity contribution in [2.45, 2.75) is 63.1 Å². The summed E-state index contributed by atoms with van der Waals surface area (Å²) in [6, 6.07) is 9.37. The van der Waals surface area contributed by atoms with E-state index in [0.29, 0.717) is 18.0 Å². The van der Waals surface area contributed by atoms with Crippen molar-refractivity contribution in [2.75, 3.05) is 13.1 Å². The third-order valence-corrected chi connectivity index (χ3v) is 6.40. The molecule has 4 unspecified atom stereocenters. The van der Waals surface area contributed by atoms with Gasteiger partial charge in [-0.3, -0.25) is 9.59 Å². The maximum atomic E-state index is 13.3. The Morgan fingerprint density at radius 3 is 2.48 bits per heavy atom. The minimum Gasteiger partial charge on any atom is -0.339 e. The number of amides is 2. The number of hydrogen-bond donors (Lipinski definition) is 1. The molecule has 3 aliphatic rings. The van der Waals surface area contributed by atoms with E-state index in [4.69, 9.17) is 5.73 Å². The van der Waals surface area contributed by atoms with Crippen molar-refractivity contribution in [1.29, 1.82) is 0 Å². The second kappa shape index (κ2) is 8.61. The van der Waals surface area contributed by atoms with Crippen molar-refractivity contribution in [1.82, 2.24) is 9.80 Å². The Kier molecular flexibility index (Phi) is 6.43. The first-order chi connectivity index (χ1) is 12.6. The SMILES string of the molecule is Cl.NC1CCCN(C(=O)C2CC3CCCCC3N2C(=O)c2ccccc2)C1. The zero-order valence-electron chi connectivity index (χ0n) is 15.8. The Morgan fingerprint density at radius 2 is 1.74 bits per heavy atom. The van der Waals surface area contributed by atoms with Gasteiger partial charge in [0, 0.05) is 30.7 Å². The van der Waals surface area contributed by atoms with Crippen molar-refractivity contribution < 1.29 is 9.59 Å². The molecule has 148 valence electrons. The fourth-order valence-electron chi connectivity index (χ4n) is 5.12. The standard InChI is InChI=1S/C21H29N3O2.ClH/c22-17-10-6-12-23(14-17)21(26)19-13-16-9-4-5-11-18(16)24(19)20(25)15-7-2-1-3-8-15;/h1-3,7-8,16-19H,4-6,9-14,22H2;1H. The summed E-state index contributed by atoms with van der Waals surface area (Å²) in [6.45, 7) is 1.39. The van der Waals surface area contributed by atoms with E-state index in [2.05, 4.69) is 0 Å². The van der Waals surface area contributed by atoms with E-state index in [1.165, 1.54) is 6.42 Å². The number of fused-ring (bicyclic) bond motifs is 1. The molecule has 2 saturated heterocycles. The van der Waals surface area contributed by atoms with Crippen LogP contribution in [0.1, 0.15) is 55.3 Å². The number of halogens is 1. The fraction of sp³-hybridized carbons (Fsp3) is 0.619. The molecule has 0 aromatic heterocycles. The predicted molar refractivity (Wildman–Crippen MR) is 108 cm³/mol. The van der Waals surface area contributed by atoms with E-state index in [1.54, 1.807) is 0 Å². The Morgan fingerprint density at radius 1 is 1.00 bits per heavy atom. The number of benzene rings is 1. The molecule has 2 aliphatic heterocycles. The lowest BCUT2D eigenvalue weighted by Gasteiger charge is -2.37. The van der Waals surface area contributed by atoms with Crippen molar-refractivity contribution in [3.8, 4) is 0 Å². The summed E-state index contributed by atoms with van der Waals surface area (Å²) in [5.74, 6) is 0.585. The number of piperidine rings is 1. The number of hydrogen-bond acceptors (Lipinski definition) is 3. The molecule has 0 spiro atoms. The third-order valence-electron chi connectivity index (χ3n) is 6.40. The number of rotatable bonds is 2. The highest BCUT2D eigenvalue weighted by Gasteiger charge is 2.48. The monoisotopic (exact) mass is 391 g/mol. The van der Waals surface area contributed by atoms with E-state index in [0.717, 1.165) is 45.1 Å². The minimum atomic E-state index is -0.318. The quantitative estimate of drug-likeness (QED) is 0.842. The van der Waals surface area contributed by atoms with Crippen LogP contribution in [0.5, 0.6) is 0 Å². The summed E-state index contributed by atoms with van der Waals surface area (Å²) in [6.07, 6.45) is 7.26. The van der Waals surface area contributed by atoms with Gasteiger partial charge in [0.2, 0.25) is 5.91 Å². The van der Waals surface area contributed by atoms with E-state index >= 15 is 0 Å². The van der Waals surface area contributed by atoms with E-state index in [1.807, 2.05) is 40.1 Å². The molecule has 1 aliphatic carbocycles. The molecule has 2 N–H and O–H groups in total. The molecule has 2 heterocycles. The lowest BCUT2D eigenvalue weighted by atomic mass is 9.84. The molecule has 6 heteroatoms. The maximum Gasteiger partial charge on any atom is 0.254 e. The van der Waals surface area contributed by atoms with Crippen LogP contribution >= 0.6 is 12.4 Å². The largest absolute Gasteiger partial charge is 0.339 e. The Bertz CT molecular complexity index is 669. The molecule has 5 nitrogen and oxygen atoms in total. The highest BCUT2D eigenvalue weighted by Crippen LogP contribution is 2.41. The van der Waals surface area contributed by atoms with E-state index < -0.39 is 0 Å². The van der Waals surface area contributed by atoms with Gasteiger partial charge in [-0.15, -0.1) is 12.4 Å². The normalized spacial score (nSPS) is 30.4. The molecular formula is C21H30ClN3O2. The van der Waals surface area contributed by atoms with Gasteiger partial charge in [-0.05, 0) is 50.2 Å². The summed E-state index contributed by atoms with van der Waals surface area (Å²) in [5, 5.41) is 0. The van der Waals surface area contributed by atoms with Gasteiger partial charge in [0.25, 0.3) is 5.91 Å². The molecule has 1 aromatic rings. The molecule has 1 aromatic carbocycles. The van der Waals surface area contributed by atoms with Crippen LogP contribution in [0, 0.1) is 5.92 Å². The molecule has 2 amide bonds. The summed E-state index contributed by atoms with van der Waals surface area (Å²) < 4.78 is 0.